The standard InChI is InChI=1S/C14H13ClFNO/c1-9-5-6-13(10(7-9)8-18)17-14-11(15)3-2-4-12(14)16/h2-7,17-18H,8H2,1H3. The number of hydrogen-bond donors (Lipinski definition) is 2. The molecule has 0 bridgehead atoms. The van der Waals surface area contributed by atoms with Crippen LogP contribution in [0.4, 0.5) is 15.8 Å². The van der Waals surface area contributed by atoms with Crippen molar-refractivity contribution in [2.24, 2.45) is 0 Å². The fraction of sp³-hybridized carbons (Fsp3) is 0.143. The highest BCUT2D eigenvalue weighted by molar-refractivity contribution is 6.33. The van der Waals surface area contributed by atoms with E-state index in [1.165, 1.54) is 6.07 Å². The second kappa shape index (κ2) is 5.38. The van der Waals surface area contributed by atoms with Crippen LogP contribution in [0.2, 0.25) is 5.02 Å². The first kappa shape index (κ1) is 12.9. The van der Waals surface area contributed by atoms with E-state index in [2.05, 4.69) is 5.32 Å². The zero-order valence-corrected chi connectivity index (χ0v) is 10.6. The van der Waals surface area contributed by atoms with Gasteiger partial charge in [0.2, 0.25) is 0 Å². The minimum absolute atomic E-state index is 0.115. The Labute approximate surface area is 110 Å². The molecule has 0 atom stereocenters. The molecule has 0 aliphatic rings. The van der Waals surface area contributed by atoms with E-state index in [9.17, 15) is 9.50 Å². The van der Waals surface area contributed by atoms with Gasteiger partial charge in [-0.15, -0.1) is 0 Å². The summed E-state index contributed by atoms with van der Waals surface area (Å²) >= 11 is 5.94. The number of rotatable bonds is 3. The van der Waals surface area contributed by atoms with Gasteiger partial charge in [0.05, 0.1) is 17.3 Å². The van der Waals surface area contributed by atoms with Gasteiger partial charge in [0.15, 0.2) is 0 Å². The first-order chi connectivity index (χ1) is 8.61. The molecule has 0 radical (unpaired) electrons. The van der Waals surface area contributed by atoms with Gasteiger partial charge in [0.25, 0.3) is 0 Å². The molecule has 2 nitrogen and oxygen atoms in total. The van der Waals surface area contributed by atoms with Crippen molar-refractivity contribution in [1.29, 1.82) is 0 Å². The summed E-state index contributed by atoms with van der Waals surface area (Å²) in [6.07, 6.45) is 0. The van der Waals surface area contributed by atoms with Gasteiger partial charge in [-0.2, -0.15) is 0 Å². The van der Waals surface area contributed by atoms with E-state index >= 15 is 0 Å². The van der Waals surface area contributed by atoms with E-state index in [1.807, 2.05) is 19.1 Å². The molecule has 2 aromatic carbocycles. The number of halogens is 2. The molecule has 0 heterocycles. The second-order valence-corrected chi connectivity index (χ2v) is 4.45. The zero-order valence-electron chi connectivity index (χ0n) is 9.87. The smallest absolute Gasteiger partial charge is 0.148 e. The molecular formula is C14H13ClFNO. The average Bonchev–Trinajstić information content (AvgIpc) is 2.35. The molecule has 4 heteroatoms. The summed E-state index contributed by atoms with van der Waals surface area (Å²) in [5, 5.41) is 12.5. The van der Waals surface area contributed by atoms with Gasteiger partial charge >= 0.3 is 0 Å². The molecule has 2 aromatic rings. The minimum Gasteiger partial charge on any atom is -0.392 e. The van der Waals surface area contributed by atoms with Crippen molar-refractivity contribution < 1.29 is 9.50 Å². The first-order valence-electron chi connectivity index (χ1n) is 5.53. The van der Waals surface area contributed by atoms with Gasteiger partial charge in [-0.25, -0.2) is 4.39 Å². The van der Waals surface area contributed by atoms with Crippen LogP contribution in [0.15, 0.2) is 36.4 Å². The molecule has 0 saturated heterocycles. The Balaban J connectivity index is 2.40. The summed E-state index contributed by atoms with van der Waals surface area (Å²) < 4.78 is 13.6. The van der Waals surface area contributed by atoms with Crippen LogP contribution in [-0.4, -0.2) is 5.11 Å². The summed E-state index contributed by atoms with van der Waals surface area (Å²) in [5.41, 5.74) is 2.60. The van der Waals surface area contributed by atoms with Crippen LogP contribution >= 0.6 is 11.6 Å². The molecule has 2 rings (SSSR count). The summed E-state index contributed by atoms with van der Waals surface area (Å²) in [7, 11) is 0. The Morgan fingerprint density at radius 3 is 2.72 bits per heavy atom. The lowest BCUT2D eigenvalue weighted by Gasteiger charge is -2.13. The zero-order chi connectivity index (χ0) is 13.1. The van der Waals surface area contributed by atoms with Gasteiger partial charge in [0.1, 0.15) is 5.82 Å². The molecule has 0 aromatic heterocycles. The fourth-order valence-electron chi connectivity index (χ4n) is 1.73. The third kappa shape index (κ3) is 2.63. The van der Waals surface area contributed by atoms with Crippen LogP contribution in [0.5, 0.6) is 0 Å². The predicted octanol–water partition coefficient (Wildman–Crippen LogP) is 4.02. The fourth-order valence-corrected chi connectivity index (χ4v) is 1.94. The first-order valence-corrected chi connectivity index (χ1v) is 5.91. The predicted molar refractivity (Wildman–Crippen MR) is 71.8 cm³/mol. The van der Waals surface area contributed by atoms with Gasteiger partial charge in [-0.1, -0.05) is 35.4 Å². The number of benzene rings is 2. The van der Waals surface area contributed by atoms with Crippen molar-refractivity contribution in [1.82, 2.24) is 0 Å². The average molecular weight is 266 g/mol. The van der Waals surface area contributed by atoms with E-state index in [0.29, 0.717) is 16.3 Å². The lowest BCUT2D eigenvalue weighted by Crippen LogP contribution is -1.99. The molecule has 0 aliphatic heterocycles. The monoisotopic (exact) mass is 265 g/mol. The van der Waals surface area contributed by atoms with Crippen LogP contribution in [0.1, 0.15) is 11.1 Å². The molecule has 2 N–H and O–H groups in total. The number of aliphatic hydroxyl groups is 1. The van der Waals surface area contributed by atoms with E-state index in [1.54, 1.807) is 18.2 Å². The topological polar surface area (TPSA) is 32.3 Å². The summed E-state index contributed by atoms with van der Waals surface area (Å²) in [4.78, 5) is 0. The van der Waals surface area contributed by atoms with Crippen molar-refractivity contribution in [3.05, 3.63) is 58.4 Å². The lowest BCUT2D eigenvalue weighted by atomic mass is 10.1. The molecule has 0 spiro atoms. The number of aryl methyl sites for hydroxylation is 1. The molecule has 0 saturated carbocycles. The highest BCUT2D eigenvalue weighted by Crippen LogP contribution is 2.30. The maximum Gasteiger partial charge on any atom is 0.148 e. The van der Waals surface area contributed by atoms with Gasteiger partial charge in [0, 0.05) is 11.3 Å². The number of anilines is 2. The minimum atomic E-state index is -0.424. The maximum absolute atomic E-state index is 13.6. The van der Waals surface area contributed by atoms with Crippen molar-refractivity contribution in [3.63, 3.8) is 0 Å². The number of nitrogens with one attached hydrogen (secondary N) is 1. The van der Waals surface area contributed by atoms with Gasteiger partial charge in [-0.05, 0) is 25.1 Å². The highest BCUT2D eigenvalue weighted by Gasteiger charge is 2.09. The molecule has 0 fully saturated rings. The van der Waals surface area contributed by atoms with E-state index in [-0.39, 0.29) is 12.3 Å². The van der Waals surface area contributed by atoms with Crippen LogP contribution < -0.4 is 5.32 Å². The van der Waals surface area contributed by atoms with Crippen LogP contribution in [0.25, 0.3) is 0 Å². The van der Waals surface area contributed by atoms with Crippen molar-refractivity contribution in [3.8, 4) is 0 Å². The molecular weight excluding hydrogens is 253 g/mol. The Morgan fingerprint density at radius 2 is 2.06 bits per heavy atom. The van der Waals surface area contributed by atoms with Gasteiger partial charge in [-0.3, -0.25) is 0 Å². The number of aliphatic hydroxyl groups excluding tert-OH is 1. The Morgan fingerprint density at radius 1 is 1.28 bits per heavy atom. The lowest BCUT2D eigenvalue weighted by molar-refractivity contribution is 0.282. The Bertz CT molecular complexity index is 551. The van der Waals surface area contributed by atoms with E-state index in [0.717, 1.165) is 5.56 Å². The largest absolute Gasteiger partial charge is 0.392 e. The molecule has 0 amide bonds. The molecule has 0 unspecified atom stereocenters. The third-order valence-corrected chi connectivity index (χ3v) is 2.97. The number of para-hydroxylation sites is 1. The number of hydrogen-bond acceptors (Lipinski definition) is 2. The molecule has 0 aliphatic carbocycles. The molecule has 18 heavy (non-hydrogen) atoms. The van der Waals surface area contributed by atoms with E-state index < -0.39 is 5.82 Å². The van der Waals surface area contributed by atoms with Crippen LogP contribution in [-0.2, 0) is 6.61 Å². The normalized spacial score (nSPS) is 10.4. The quantitative estimate of drug-likeness (QED) is 0.878. The van der Waals surface area contributed by atoms with Crippen molar-refractivity contribution in [2.75, 3.05) is 5.32 Å². The Kier molecular flexibility index (Phi) is 3.84. The summed E-state index contributed by atoms with van der Waals surface area (Å²) in [6, 6.07) is 10.0. The maximum atomic E-state index is 13.6. The van der Waals surface area contributed by atoms with Crippen LogP contribution in [0.3, 0.4) is 0 Å². The van der Waals surface area contributed by atoms with Crippen LogP contribution in [0, 0.1) is 12.7 Å². The van der Waals surface area contributed by atoms with Crippen molar-refractivity contribution >= 4 is 23.0 Å². The van der Waals surface area contributed by atoms with E-state index in [4.69, 9.17) is 11.6 Å². The Hall–Kier alpha value is -1.58. The third-order valence-electron chi connectivity index (χ3n) is 2.65. The highest BCUT2D eigenvalue weighted by atomic mass is 35.5. The van der Waals surface area contributed by atoms with Gasteiger partial charge < -0.3 is 10.4 Å². The summed E-state index contributed by atoms with van der Waals surface area (Å²) in [5.74, 6) is -0.424. The van der Waals surface area contributed by atoms with Crippen molar-refractivity contribution in [2.45, 2.75) is 13.5 Å². The summed E-state index contributed by atoms with van der Waals surface area (Å²) in [6.45, 7) is 1.81. The second-order valence-electron chi connectivity index (χ2n) is 4.04. The SMILES string of the molecule is Cc1ccc(Nc2c(F)cccc2Cl)c(CO)c1. The molecule has 94 valence electrons.